The van der Waals surface area contributed by atoms with E-state index in [0.717, 1.165) is 12.1 Å². The predicted octanol–water partition coefficient (Wildman–Crippen LogP) is 4.19. The minimum Gasteiger partial charge on any atom is -0.466 e. The molecule has 0 saturated carbocycles. The van der Waals surface area contributed by atoms with Crippen molar-refractivity contribution < 1.29 is 28.0 Å². The molecule has 1 aliphatic rings. The second-order valence-electron chi connectivity index (χ2n) is 8.92. The van der Waals surface area contributed by atoms with Crippen molar-refractivity contribution in [3.8, 4) is 0 Å². The fraction of sp³-hybridized carbons (Fsp3) is 0.444. The molecule has 4 heterocycles. The summed E-state index contributed by atoms with van der Waals surface area (Å²) in [5.41, 5.74) is 0.952. The number of esters is 1. The van der Waals surface area contributed by atoms with E-state index in [0.29, 0.717) is 63.7 Å². The number of piperidine rings is 1. The van der Waals surface area contributed by atoms with E-state index in [1.165, 1.54) is 6.26 Å². The number of hydrogen-bond acceptors (Lipinski definition) is 6. The molecule has 2 amide bonds. The van der Waals surface area contributed by atoms with Gasteiger partial charge in [0.15, 0.2) is 11.5 Å². The second kappa shape index (κ2) is 11.8. The fourth-order valence-electron chi connectivity index (χ4n) is 4.50. The highest BCUT2D eigenvalue weighted by Crippen LogP contribution is 2.22. The first-order valence-electron chi connectivity index (χ1n) is 12.5. The number of carbonyl (C=O) groups excluding carboxylic acids is 3. The van der Waals surface area contributed by atoms with Crippen LogP contribution in [-0.2, 0) is 22.6 Å². The van der Waals surface area contributed by atoms with E-state index in [2.05, 4.69) is 0 Å². The molecule has 0 radical (unpaired) electrons. The van der Waals surface area contributed by atoms with Crippen LogP contribution in [0.3, 0.4) is 0 Å². The molecule has 0 unspecified atom stereocenters. The van der Waals surface area contributed by atoms with Crippen LogP contribution in [-0.4, -0.2) is 58.4 Å². The van der Waals surface area contributed by atoms with Crippen LogP contribution < -0.4 is 0 Å². The lowest BCUT2D eigenvalue weighted by Crippen LogP contribution is -2.40. The first-order chi connectivity index (χ1) is 17.5. The molecular formula is C27H33N3O6. The van der Waals surface area contributed by atoms with Gasteiger partial charge in [-0.1, -0.05) is 6.92 Å². The Morgan fingerprint density at radius 3 is 2.56 bits per heavy atom. The van der Waals surface area contributed by atoms with Gasteiger partial charge in [-0.05, 0) is 62.6 Å². The van der Waals surface area contributed by atoms with Gasteiger partial charge in [-0.2, -0.15) is 0 Å². The van der Waals surface area contributed by atoms with E-state index >= 15 is 0 Å². The van der Waals surface area contributed by atoms with Gasteiger partial charge in [-0.25, -0.2) is 0 Å². The van der Waals surface area contributed by atoms with Crippen LogP contribution in [0.5, 0.6) is 0 Å². The monoisotopic (exact) mass is 495 g/mol. The van der Waals surface area contributed by atoms with Gasteiger partial charge < -0.3 is 27.9 Å². The van der Waals surface area contributed by atoms with Crippen molar-refractivity contribution in [2.75, 3.05) is 26.2 Å². The van der Waals surface area contributed by atoms with E-state index in [1.807, 2.05) is 29.8 Å². The summed E-state index contributed by atoms with van der Waals surface area (Å²) in [6.07, 6.45) is 5.44. The number of furan rings is 2. The third-order valence-electron chi connectivity index (χ3n) is 6.39. The van der Waals surface area contributed by atoms with Crippen molar-refractivity contribution >= 4 is 17.8 Å². The number of carbonyl (C=O) groups is 3. The molecule has 0 spiro atoms. The Labute approximate surface area is 210 Å². The lowest BCUT2D eigenvalue weighted by molar-refractivity contribution is -0.149. The van der Waals surface area contributed by atoms with Crippen molar-refractivity contribution in [1.29, 1.82) is 0 Å². The van der Waals surface area contributed by atoms with Crippen molar-refractivity contribution in [3.63, 3.8) is 0 Å². The summed E-state index contributed by atoms with van der Waals surface area (Å²) in [6.45, 7) is 6.67. The normalized spacial score (nSPS) is 14.1. The molecule has 0 bridgehead atoms. The number of rotatable bonds is 10. The average molecular weight is 496 g/mol. The zero-order valence-corrected chi connectivity index (χ0v) is 20.9. The van der Waals surface area contributed by atoms with Gasteiger partial charge in [-0.3, -0.25) is 14.4 Å². The Morgan fingerprint density at radius 1 is 1.06 bits per heavy atom. The van der Waals surface area contributed by atoms with Crippen LogP contribution >= 0.6 is 0 Å². The van der Waals surface area contributed by atoms with E-state index in [1.54, 1.807) is 41.0 Å². The van der Waals surface area contributed by atoms with E-state index in [-0.39, 0.29) is 29.5 Å². The van der Waals surface area contributed by atoms with Gasteiger partial charge in [0.05, 0.1) is 31.9 Å². The molecule has 0 aliphatic carbocycles. The van der Waals surface area contributed by atoms with Crippen LogP contribution in [0.25, 0.3) is 0 Å². The smallest absolute Gasteiger partial charge is 0.309 e. The number of likely N-dealkylation sites (tertiary alicyclic amines) is 1. The van der Waals surface area contributed by atoms with Gasteiger partial charge in [0.2, 0.25) is 0 Å². The molecule has 36 heavy (non-hydrogen) atoms. The molecule has 0 atom stereocenters. The minimum atomic E-state index is -0.184. The summed E-state index contributed by atoms with van der Waals surface area (Å²) in [5, 5.41) is 0. The first-order valence-corrected chi connectivity index (χ1v) is 12.5. The molecule has 0 N–H and O–H groups in total. The summed E-state index contributed by atoms with van der Waals surface area (Å²) in [6, 6.07) is 10.8. The van der Waals surface area contributed by atoms with E-state index in [4.69, 9.17) is 13.6 Å². The maximum Gasteiger partial charge on any atom is 0.309 e. The zero-order valence-electron chi connectivity index (χ0n) is 20.9. The number of ether oxygens (including phenoxy) is 1. The van der Waals surface area contributed by atoms with Crippen LogP contribution in [0.4, 0.5) is 0 Å². The molecule has 0 aromatic carbocycles. The van der Waals surface area contributed by atoms with Crippen molar-refractivity contribution in [3.05, 3.63) is 71.8 Å². The molecule has 9 nitrogen and oxygen atoms in total. The Balaban J connectivity index is 1.37. The van der Waals surface area contributed by atoms with Gasteiger partial charge in [0.1, 0.15) is 5.76 Å². The Bertz CT molecular complexity index is 1150. The minimum absolute atomic E-state index is 0.146. The Hall–Kier alpha value is -3.75. The highest BCUT2D eigenvalue weighted by molar-refractivity contribution is 5.92. The lowest BCUT2D eigenvalue weighted by atomic mass is 9.97. The fourth-order valence-corrected chi connectivity index (χ4v) is 4.50. The summed E-state index contributed by atoms with van der Waals surface area (Å²) in [7, 11) is 0. The van der Waals surface area contributed by atoms with E-state index in [9.17, 15) is 14.4 Å². The molecule has 3 aromatic heterocycles. The summed E-state index contributed by atoms with van der Waals surface area (Å²) in [4.78, 5) is 41.2. The molecular weight excluding hydrogens is 462 g/mol. The maximum absolute atomic E-state index is 12.9. The molecule has 4 rings (SSSR count). The number of aromatic nitrogens is 1. The predicted molar refractivity (Wildman–Crippen MR) is 131 cm³/mol. The SMILES string of the molecule is CCCN(Cc1cccn1Cc1ccc(C(=O)N2CCC(C(=O)OCC)CC2)o1)C(=O)c1ccco1. The van der Waals surface area contributed by atoms with Crippen LogP contribution in [0.2, 0.25) is 0 Å². The molecule has 1 saturated heterocycles. The largest absolute Gasteiger partial charge is 0.466 e. The second-order valence-corrected chi connectivity index (χ2v) is 8.92. The maximum atomic E-state index is 12.9. The highest BCUT2D eigenvalue weighted by atomic mass is 16.5. The Kier molecular flexibility index (Phi) is 8.30. The standard InChI is InChI=1S/C27H33N3O6/c1-3-13-30(25(31)23-8-6-17-35-23)18-21-7-5-14-29(21)19-22-9-10-24(36-22)26(32)28-15-11-20(12-16-28)27(33)34-4-2/h5-10,14,17,20H,3-4,11-13,15-16,18-19H2,1-2H3. The number of nitrogens with zero attached hydrogens (tertiary/aromatic N) is 3. The molecule has 9 heteroatoms. The Morgan fingerprint density at radius 2 is 1.86 bits per heavy atom. The molecule has 1 fully saturated rings. The quantitative estimate of drug-likeness (QED) is 0.391. The van der Waals surface area contributed by atoms with Gasteiger partial charge in [-0.15, -0.1) is 0 Å². The van der Waals surface area contributed by atoms with Crippen LogP contribution in [0.1, 0.15) is 65.7 Å². The van der Waals surface area contributed by atoms with E-state index < -0.39 is 0 Å². The summed E-state index contributed by atoms with van der Waals surface area (Å²) in [5.74, 6) is 0.602. The van der Waals surface area contributed by atoms with Crippen molar-refractivity contribution in [1.82, 2.24) is 14.4 Å². The highest BCUT2D eigenvalue weighted by Gasteiger charge is 2.29. The van der Waals surface area contributed by atoms with Crippen molar-refractivity contribution in [2.45, 2.75) is 46.2 Å². The van der Waals surface area contributed by atoms with Crippen molar-refractivity contribution in [2.24, 2.45) is 5.92 Å². The van der Waals surface area contributed by atoms with Gasteiger partial charge in [0, 0.05) is 31.5 Å². The zero-order chi connectivity index (χ0) is 25.5. The topological polar surface area (TPSA) is 98.1 Å². The van der Waals surface area contributed by atoms with Gasteiger partial charge in [0.25, 0.3) is 11.8 Å². The number of amides is 2. The molecule has 192 valence electrons. The van der Waals surface area contributed by atoms with Crippen LogP contribution in [0.15, 0.2) is 57.7 Å². The average Bonchev–Trinajstić information content (AvgIpc) is 3.67. The van der Waals surface area contributed by atoms with Crippen LogP contribution in [0, 0.1) is 5.92 Å². The summed E-state index contributed by atoms with van der Waals surface area (Å²) >= 11 is 0. The number of hydrogen-bond donors (Lipinski definition) is 0. The lowest BCUT2D eigenvalue weighted by Gasteiger charge is -2.30. The van der Waals surface area contributed by atoms with Gasteiger partial charge >= 0.3 is 5.97 Å². The first kappa shape index (κ1) is 25.3. The third kappa shape index (κ3) is 5.90. The molecule has 1 aliphatic heterocycles. The third-order valence-corrected chi connectivity index (χ3v) is 6.39. The summed E-state index contributed by atoms with van der Waals surface area (Å²) < 4.78 is 18.3. The molecule has 3 aromatic rings.